The molecule has 2 N–H and O–H groups in total. The van der Waals surface area contributed by atoms with Crippen molar-refractivity contribution in [3.63, 3.8) is 0 Å². The number of nitrogens with two attached hydrogens (primary N) is 1. The van der Waals surface area contributed by atoms with E-state index in [0.29, 0.717) is 5.82 Å². The maximum atomic E-state index is 13.1. The molecule has 0 aliphatic carbocycles. The van der Waals surface area contributed by atoms with E-state index >= 15 is 0 Å². The van der Waals surface area contributed by atoms with Crippen molar-refractivity contribution in [3.05, 3.63) is 18.2 Å². The second kappa shape index (κ2) is 3.67. The molecule has 0 aliphatic heterocycles. The molecule has 0 saturated heterocycles. The summed E-state index contributed by atoms with van der Waals surface area (Å²) < 4.78 is 14.9. The summed E-state index contributed by atoms with van der Waals surface area (Å²) in [5, 5.41) is 0. The molecule has 0 spiro atoms. The maximum absolute atomic E-state index is 13.1. The highest BCUT2D eigenvalue weighted by Gasteiger charge is 2.14. The van der Waals surface area contributed by atoms with Crippen molar-refractivity contribution in [3.8, 4) is 0 Å². The summed E-state index contributed by atoms with van der Waals surface area (Å²) in [6.45, 7) is 3.95. The molecule has 4 heteroatoms. The fraction of sp³-hybridized carbons (Fsp3) is 0.625. The second-order valence-corrected chi connectivity index (χ2v) is 2.99. The molecule has 0 fully saturated rings. The summed E-state index contributed by atoms with van der Waals surface area (Å²) in [7, 11) is 0. The fourth-order valence-corrected chi connectivity index (χ4v) is 1.11. The number of hydrogen-bond donors (Lipinski definition) is 1. The van der Waals surface area contributed by atoms with Gasteiger partial charge in [-0.1, -0.05) is 0 Å². The molecular weight excluding hydrogens is 157 g/mol. The van der Waals surface area contributed by atoms with Gasteiger partial charge in [-0.15, -0.1) is 0 Å². The molecule has 0 bridgehead atoms. The number of nitrogens with zero attached hydrogens (tertiary/aromatic N) is 2. The van der Waals surface area contributed by atoms with Gasteiger partial charge in [-0.2, -0.15) is 0 Å². The maximum Gasteiger partial charge on any atom is 0.170 e. The first kappa shape index (κ1) is 9.19. The Morgan fingerprint density at radius 1 is 1.67 bits per heavy atom. The monoisotopic (exact) mass is 171 g/mol. The van der Waals surface area contributed by atoms with Crippen LogP contribution in [0.25, 0.3) is 0 Å². The molecule has 12 heavy (non-hydrogen) atoms. The first-order valence-electron chi connectivity index (χ1n) is 4.03. The number of hydrogen-bond acceptors (Lipinski definition) is 2. The molecule has 0 aromatic carbocycles. The summed E-state index contributed by atoms with van der Waals surface area (Å²) in [4.78, 5) is 3.92. The Bertz CT molecular complexity index is 244. The standard InChI is InChI=1S/C8H14FN3/c1-6(2)12-4-3-11-8(12)7(9)5-10/h3-4,6-7H,5,10H2,1-2H3. The zero-order chi connectivity index (χ0) is 9.14. The molecule has 1 heterocycles. The van der Waals surface area contributed by atoms with Gasteiger partial charge in [-0.25, -0.2) is 9.37 Å². The van der Waals surface area contributed by atoms with E-state index in [0.717, 1.165) is 0 Å². The van der Waals surface area contributed by atoms with Crippen molar-refractivity contribution in [2.24, 2.45) is 5.73 Å². The summed E-state index contributed by atoms with van der Waals surface area (Å²) in [6.07, 6.45) is 2.21. The van der Waals surface area contributed by atoms with Crippen LogP contribution in [0.15, 0.2) is 12.4 Å². The van der Waals surface area contributed by atoms with Crippen LogP contribution in [0.1, 0.15) is 31.9 Å². The molecule has 68 valence electrons. The average molecular weight is 171 g/mol. The zero-order valence-electron chi connectivity index (χ0n) is 7.37. The highest BCUT2D eigenvalue weighted by molar-refractivity contribution is 4.98. The van der Waals surface area contributed by atoms with Gasteiger partial charge in [0.15, 0.2) is 6.17 Å². The number of rotatable bonds is 3. The third-order valence-corrected chi connectivity index (χ3v) is 1.74. The lowest BCUT2D eigenvalue weighted by Crippen LogP contribution is -2.14. The minimum atomic E-state index is -1.15. The Kier molecular flexibility index (Phi) is 2.81. The quantitative estimate of drug-likeness (QED) is 0.747. The molecule has 1 aromatic heterocycles. The van der Waals surface area contributed by atoms with E-state index in [9.17, 15) is 4.39 Å². The smallest absolute Gasteiger partial charge is 0.170 e. The number of alkyl halides is 1. The molecule has 3 nitrogen and oxygen atoms in total. The van der Waals surface area contributed by atoms with Gasteiger partial charge in [-0.3, -0.25) is 0 Å². The van der Waals surface area contributed by atoms with Crippen LogP contribution in [0, 0.1) is 0 Å². The van der Waals surface area contributed by atoms with Crippen LogP contribution in [0.3, 0.4) is 0 Å². The van der Waals surface area contributed by atoms with Crippen molar-refractivity contribution in [1.29, 1.82) is 0 Å². The molecule has 0 aliphatic rings. The van der Waals surface area contributed by atoms with Gasteiger partial charge in [0.05, 0.1) is 0 Å². The van der Waals surface area contributed by atoms with E-state index in [-0.39, 0.29) is 12.6 Å². The topological polar surface area (TPSA) is 43.8 Å². The molecule has 1 aromatic rings. The van der Waals surface area contributed by atoms with Gasteiger partial charge in [-0.05, 0) is 13.8 Å². The predicted molar refractivity (Wildman–Crippen MR) is 45.5 cm³/mol. The highest BCUT2D eigenvalue weighted by Crippen LogP contribution is 2.17. The Labute approximate surface area is 71.4 Å². The van der Waals surface area contributed by atoms with E-state index in [1.54, 1.807) is 17.0 Å². The largest absolute Gasteiger partial charge is 0.330 e. The molecule has 1 unspecified atom stereocenters. The summed E-state index contributed by atoms with van der Waals surface area (Å²) in [5.41, 5.74) is 5.20. The zero-order valence-corrected chi connectivity index (χ0v) is 7.37. The van der Waals surface area contributed by atoms with Crippen LogP contribution in [0.5, 0.6) is 0 Å². The van der Waals surface area contributed by atoms with Gasteiger partial charge in [0.1, 0.15) is 5.82 Å². The van der Waals surface area contributed by atoms with Gasteiger partial charge in [0.2, 0.25) is 0 Å². The number of halogens is 1. The summed E-state index contributed by atoms with van der Waals surface area (Å²) in [6, 6.07) is 0.229. The Balaban J connectivity index is 2.91. The van der Waals surface area contributed by atoms with Crippen molar-refractivity contribution in [2.75, 3.05) is 6.54 Å². The van der Waals surface area contributed by atoms with Crippen LogP contribution < -0.4 is 5.73 Å². The lowest BCUT2D eigenvalue weighted by molar-refractivity contribution is 0.319. The predicted octanol–water partition coefficient (Wildman–Crippen LogP) is 1.43. The molecule has 0 radical (unpaired) electrons. The Hall–Kier alpha value is -0.900. The van der Waals surface area contributed by atoms with E-state index in [4.69, 9.17) is 5.73 Å². The minimum absolute atomic E-state index is 0.0102. The molecule has 1 rings (SSSR count). The van der Waals surface area contributed by atoms with Gasteiger partial charge < -0.3 is 10.3 Å². The van der Waals surface area contributed by atoms with E-state index in [2.05, 4.69) is 4.98 Å². The number of imidazole rings is 1. The Morgan fingerprint density at radius 3 is 2.83 bits per heavy atom. The molecule has 1 atom stereocenters. The van der Waals surface area contributed by atoms with Crippen LogP contribution in [0.4, 0.5) is 4.39 Å². The van der Waals surface area contributed by atoms with E-state index in [1.807, 2.05) is 13.8 Å². The van der Waals surface area contributed by atoms with Crippen molar-refractivity contribution in [2.45, 2.75) is 26.1 Å². The van der Waals surface area contributed by atoms with Crippen molar-refractivity contribution >= 4 is 0 Å². The molecule has 0 amide bonds. The Morgan fingerprint density at radius 2 is 2.33 bits per heavy atom. The summed E-state index contributed by atoms with van der Waals surface area (Å²) in [5.74, 6) is 0.424. The number of aromatic nitrogens is 2. The second-order valence-electron chi connectivity index (χ2n) is 2.99. The van der Waals surface area contributed by atoms with E-state index in [1.165, 1.54) is 0 Å². The van der Waals surface area contributed by atoms with Crippen LogP contribution >= 0.6 is 0 Å². The SMILES string of the molecule is CC(C)n1ccnc1C(F)CN. The van der Waals surface area contributed by atoms with Crippen LogP contribution in [0.2, 0.25) is 0 Å². The highest BCUT2D eigenvalue weighted by atomic mass is 19.1. The van der Waals surface area contributed by atoms with Crippen LogP contribution in [-0.4, -0.2) is 16.1 Å². The van der Waals surface area contributed by atoms with Gasteiger partial charge >= 0.3 is 0 Å². The average Bonchev–Trinajstić information content (AvgIpc) is 2.50. The fourth-order valence-electron chi connectivity index (χ4n) is 1.11. The normalized spacial score (nSPS) is 13.8. The molecular formula is C8H14FN3. The molecule has 0 saturated carbocycles. The lowest BCUT2D eigenvalue weighted by Gasteiger charge is -2.12. The lowest BCUT2D eigenvalue weighted by atomic mass is 10.3. The van der Waals surface area contributed by atoms with Crippen LogP contribution in [-0.2, 0) is 0 Å². The third-order valence-electron chi connectivity index (χ3n) is 1.74. The van der Waals surface area contributed by atoms with Crippen molar-refractivity contribution < 1.29 is 4.39 Å². The summed E-state index contributed by atoms with van der Waals surface area (Å²) >= 11 is 0. The first-order valence-corrected chi connectivity index (χ1v) is 4.03. The minimum Gasteiger partial charge on any atom is -0.330 e. The van der Waals surface area contributed by atoms with Crippen molar-refractivity contribution in [1.82, 2.24) is 9.55 Å². The van der Waals surface area contributed by atoms with Gasteiger partial charge in [0.25, 0.3) is 0 Å². The van der Waals surface area contributed by atoms with E-state index < -0.39 is 6.17 Å². The first-order chi connectivity index (χ1) is 5.66. The van der Waals surface area contributed by atoms with Gasteiger partial charge in [0, 0.05) is 25.0 Å². The third kappa shape index (κ3) is 1.64.